The Kier molecular flexibility index (Phi) is 3.34. The van der Waals surface area contributed by atoms with Crippen molar-refractivity contribution in [2.24, 2.45) is 0 Å². The van der Waals surface area contributed by atoms with Gasteiger partial charge in [-0.2, -0.15) is 0 Å². The largest absolute Gasteiger partial charge is 0.311 e. The van der Waals surface area contributed by atoms with Gasteiger partial charge in [-0.05, 0) is 44.7 Å². The molecule has 0 radical (unpaired) electrons. The maximum absolute atomic E-state index is 3.69. The minimum absolute atomic E-state index is 0.663. The number of aryl methyl sites for hydroxylation is 2. The van der Waals surface area contributed by atoms with Crippen molar-refractivity contribution < 1.29 is 0 Å². The van der Waals surface area contributed by atoms with Crippen molar-refractivity contribution in [2.75, 3.05) is 0 Å². The van der Waals surface area contributed by atoms with Gasteiger partial charge in [0.1, 0.15) is 0 Å². The van der Waals surface area contributed by atoms with E-state index in [1.54, 1.807) is 5.56 Å². The highest BCUT2D eigenvalue weighted by molar-refractivity contribution is 5.35. The summed E-state index contributed by atoms with van der Waals surface area (Å²) in [6.07, 6.45) is 2.50. The van der Waals surface area contributed by atoms with Crippen molar-refractivity contribution >= 4 is 0 Å². The fourth-order valence-corrected chi connectivity index (χ4v) is 3.08. The van der Waals surface area contributed by atoms with Gasteiger partial charge < -0.3 is 5.32 Å². The molecule has 0 saturated carbocycles. The molecule has 1 nitrogen and oxygen atoms in total. The van der Waals surface area contributed by atoms with Gasteiger partial charge in [-0.1, -0.05) is 30.7 Å². The monoisotopic (exact) mass is 217 g/mol. The minimum atomic E-state index is 0.663. The van der Waals surface area contributed by atoms with E-state index in [9.17, 15) is 0 Å². The molecular weight excluding hydrogens is 194 g/mol. The molecule has 3 atom stereocenters. The smallest absolute Gasteiger partial charge is 0.0136 e. The Hall–Kier alpha value is -0.820. The topological polar surface area (TPSA) is 12.0 Å². The van der Waals surface area contributed by atoms with Gasteiger partial charge in [-0.25, -0.2) is 0 Å². The van der Waals surface area contributed by atoms with Gasteiger partial charge in [0.2, 0.25) is 0 Å². The van der Waals surface area contributed by atoms with E-state index < -0.39 is 0 Å². The Labute approximate surface area is 99.3 Å². The number of nitrogens with one attached hydrogen (secondary N) is 1. The molecule has 1 heteroatoms. The molecule has 3 unspecified atom stereocenters. The highest BCUT2D eigenvalue weighted by Crippen LogP contribution is 2.34. The summed E-state index contributed by atoms with van der Waals surface area (Å²) in [5.41, 5.74) is 4.38. The zero-order valence-electron chi connectivity index (χ0n) is 10.9. The Bertz CT molecular complexity index is 370. The lowest BCUT2D eigenvalue weighted by molar-refractivity contribution is 0.516. The van der Waals surface area contributed by atoms with Crippen LogP contribution < -0.4 is 5.32 Å². The van der Waals surface area contributed by atoms with E-state index in [0.717, 1.165) is 0 Å². The van der Waals surface area contributed by atoms with E-state index in [-0.39, 0.29) is 0 Å². The molecule has 1 N–H and O–H groups in total. The summed E-state index contributed by atoms with van der Waals surface area (Å²) < 4.78 is 0. The summed E-state index contributed by atoms with van der Waals surface area (Å²) in [5.74, 6) is 0.709. The van der Waals surface area contributed by atoms with Crippen LogP contribution in [0.25, 0.3) is 0 Å². The SMILES string of the molecule is CCC1NC(C)CC1c1ccc(C)cc1C. The quantitative estimate of drug-likeness (QED) is 0.799. The van der Waals surface area contributed by atoms with Crippen LogP contribution in [0.5, 0.6) is 0 Å². The van der Waals surface area contributed by atoms with Crippen molar-refractivity contribution in [3.8, 4) is 0 Å². The van der Waals surface area contributed by atoms with Crippen LogP contribution in [0.15, 0.2) is 18.2 Å². The lowest BCUT2D eigenvalue weighted by Crippen LogP contribution is -2.28. The molecule has 88 valence electrons. The Balaban J connectivity index is 2.29. The van der Waals surface area contributed by atoms with Crippen molar-refractivity contribution in [1.29, 1.82) is 0 Å². The van der Waals surface area contributed by atoms with Gasteiger partial charge >= 0.3 is 0 Å². The van der Waals surface area contributed by atoms with Gasteiger partial charge in [0.25, 0.3) is 0 Å². The van der Waals surface area contributed by atoms with Crippen LogP contribution in [0.2, 0.25) is 0 Å². The van der Waals surface area contributed by atoms with Crippen LogP contribution in [-0.4, -0.2) is 12.1 Å². The Morgan fingerprint density at radius 2 is 2.06 bits per heavy atom. The van der Waals surface area contributed by atoms with E-state index in [2.05, 4.69) is 51.2 Å². The number of hydrogen-bond acceptors (Lipinski definition) is 1. The van der Waals surface area contributed by atoms with Crippen molar-refractivity contribution in [2.45, 2.75) is 58.5 Å². The van der Waals surface area contributed by atoms with Gasteiger partial charge in [0, 0.05) is 18.0 Å². The second kappa shape index (κ2) is 4.58. The standard InChI is InChI=1S/C15H23N/c1-5-15-14(9-12(4)16-15)13-7-6-10(2)8-11(13)3/h6-8,12,14-16H,5,9H2,1-4H3. The molecule has 1 aromatic carbocycles. The van der Waals surface area contributed by atoms with E-state index >= 15 is 0 Å². The summed E-state index contributed by atoms with van der Waals surface area (Å²) in [5, 5.41) is 3.69. The first kappa shape index (κ1) is 11.7. The first-order valence-electron chi connectivity index (χ1n) is 6.45. The predicted octanol–water partition coefficient (Wildman–Crippen LogP) is 3.55. The average molecular weight is 217 g/mol. The number of rotatable bonds is 2. The summed E-state index contributed by atoms with van der Waals surface area (Å²) >= 11 is 0. The van der Waals surface area contributed by atoms with Crippen molar-refractivity contribution in [3.05, 3.63) is 34.9 Å². The van der Waals surface area contributed by atoms with Gasteiger partial charge in [0.05, 0.1) is 0 Å². The molecule has 1 fully saturated rings. The fraction of sp³-hybridized carbons (Fsp3) is 0.600. The predicted molar refractivity (Wildman–Crippen MR) is 70.0 cm³/mol. The molecule has 2 rings (SSSR count). The molecule has 1 saturated heterocycles. The van der Waals surface area contributed by atoms with E-state index in [4.69, 9.17) is 0 Å². The Morgan fingerprint density at radius 3 is 2.69 bits per heavy atom. The van der Waals surface area contributed by atoms with Crippen LogP contribution in [0, 0.1) is 13.8 Å². The van der Waals surface area contributed by atoms with Gasteiger partial charge in [0.15, 0.2) is 0 Å². The number of benzene rings is 1. The molecule has 0 aromatic heterocycles. The van der Waals surface area contributed by atoms with Crippen LogP contribution in [-0.2, 0) is 0 Å². The highest BCUT2D eigenvalue weighted by atomic mass is 15.0. The minimum Gasteiger partial charge on any atom is -0.311 e. The molecule has 1 aromatic rings. The normalized spacial score (nSPS) is 29.6. The molecule has 0 bridgehead atoms. The second-order valence-corrected chi connectivity index (χ2v) is 5.28. The summed E-state index contributed by atoms with van der Waals surface area (Å²) in [6, 6.07) is 8.22. The fourth-order valence-electron chi connectivity index (χ4n) is 3.08. The zero-order valence-corrected chi connectivity index (χ0v) is 10.9. The third-order valence-corrected chi connectivity index (χ3v) is 3.86. The first-order valence-corrected chi connectivity index (χ1v) is 6.45. The molecule has 0 amide bonds. The van der Waals surface area contributed by atoms with E-state index in [1.165, 1.54) is 24.0 Å². The van der Waals surface area contributed by atoms with E-state index in [1.807, 2.05) is 0 Å². The Morgan fingerprint density at radius 1 is 1.31 bits per heavy atom. The van der Waals surface area contributed by atoms with Crippen LogP contribution in [0.1, 0.15) is 49.3 Å². The second-order valence-electron chi connectivity index (χ2n) is 5.28. The van der Waals surface area contributed by atoms with Crippen LogP contribution in [0.3, 0.4) is 0 Å². The summed E-state index contributed by atoms with van der Waals surface area (Å²) in [7, 11) is 0. The molecule has 1 heterocycles. The van der Waals surface area contributed by atoms with Gasteiger partial charge in [-0.15, -0.1) is 0 Å². The summed E-state index contributed by atoms with van der Waals surface area (Å²) in [6.45, 7) is 9.00. The maximum Gasteiger partial charge on any atom is 0.0136 e. The molecule has 0 aliphatic carbocycles. The number of hydrogen-bond donors (Lipinski definition) is 1. The maximum atomic E-state index is 3.69. The van der Waals surface area contributed by atoms with Crippen molar-refractivity contribution in [3.63, 3.8) is 0 Å². The summed E-state index contributed by atoms with van der Waals surface area (Å²) in [4.78, 5) is 0. The third-order valence-electron chi connectivity index (χ3n) is 3.86. The molecule has 16 heavy (non-hydrogen) atoms. The van der Waals surface area contributed by atoms with Gasteiger partial charge in [-0.3, -0.25) is 0 Å². The lowest BCUT2D eigenvalue weighted by atomic mass is 9.86. The zero-order chi connectivity index (χ0) is 11.7. The first-order chi connectivity index (χ1) is 7.61. The molecule has 1 aliphatic heterocycles. The highest BCUT2D eigenvalue weighted by Gasteiger charge is 2.31. The van der Waals surface area contributed by atoms with Crippen molar-refractivity contribution in [1.82, 2.24) is 5.32 Å². The van der Waals surface area contributed by atoms with Crippen LogP contribution >= 0.6 is 0 Å². The molecule has 1 aliphatic rings. The molecular formula is C15H23N. The molecule has 0 spiro atoms. The average Bonchev–Trinajstić information content (AvgIpc) is 2.59. The third kappa shape index (κ3) is 2.15. The van der Waals surface area contributed by atoms with Crippen LogP contribution in [0.4, 0.5) is 0 Å². The lowest BCUT2D eigenvalue weighted by Gasteiger charge is -2.20. The van der Waals surface area contributed by atoms with E-state index in [0.29, 0.717) is 18.0 Å².